The number of methoxy groups -OCH3 is 1. The maximum Gasteiger partial charge on any atom is 0.262 e. The van der Waals surface area contributed by atoms with Crippen LogP contribution in [0.1, 0.15) is 38.3 Å². The summed E-state index contributed by atoms with van der Waals surface area (Å²) in [4.78, 5) is 25.9. The number of fused-ring (bicyclic) bond motifs is 1. The molecule has 0 bridgehead atoms. The van der Waals surface area contributed by atoms with Crippen LogP contribution in [0.25, 0.3) is 10.8 Å². The Balaban J connectivity index is 1.36. The number of hydrazone groups is 1. The molecule has 0 spiro atoms. The largest absolute Gasteiger partial charge is 0.493 e. The Hall–Kier alpha value is -4.27. The Labute approximate surface area is 267 Å². The number of rotatable bonds is 13. The van der Waals surface area contributed by atoms with Crippen LogP contribution < -0.4 is 25.0 Å². The zero-order valence-electron chi connectivity index (χ0n) is 25.0. The molecule has 0 aromatic heterocycles. The number of ether oxygens (including phenoxy) is 3. The van der Waals surface area contributed by atoms with Gasteiger partial charge in [-0.2, -0.15) is 5.10 Å². The molecule has 0 aliphatic carbocycles. The van der Waals surface area contributed by atoms with Crippen molar-refractivity contribution in [1.82, 2.24) is 10.7 Å². The minimum absolute atomic E-state index is 0.127. The van der Waals surface area contributed by atoms with Crippen LogP contribution in [0.5, 0.6) is 17.2 Å². The molecular weight excluding hydrogens is 601 g/mol. The fourth-order valence-corrected chi connectivity index (χ4v) is 4.97. The third-order valence-electron chi connectivity index (χ3n) is 6.75. The van der Waals surface area contributed by atoms with Crippen LogP contribution in [-0.2, 0) is 16.2 Å². The molecule has 4 aromatic carbocycles. The van der Waals surface area contributed by atoms with Crippen LogP contribution in [-0.4, -0.2) is 37.3 Å². The molecule has 44 heavy (non-hydrogen) atoms. The first kappa shape index (κ1) is 32.6. The van der Waals surface area contributed by atoms with Crippen molar-refractivity contribution in [2.45, 2.75) is 45.9 Å². The van der Waals surface area contributed by atoms with Gasteiger partial charge >= 0.3 is 0 Å². The van der Waals surface area contributed by atoms with Crippen molar-refractivity contribution in [1.29, 1.82) is 0 Å². The molecule has 4 rings (SSSR count). The van der Waals surface area contributed by atoms with E-state index in [9.17, 15) is 9.59 Å². The quantitative estimate of drug-likeness (QED) is 0.120. The lowest BCUT2D eigenvalue weighted by molar-refractivity contribution is -0.132. The van der Waals surface area contributed by atoms with Crippen molar-refractivity contribution in [2.24, 2.45) is 11.0 Å². The maximum absolute atomic E-state index is 13.0. The molecule has 0 heterocycles. The number of benzene rings is 4. The highest BCUT2D eigenvalue weighted by Crippen LogP contribution is 2.30. The van der Waals surface area contributed by atoms with Gasteiger partial charge in [-0.25, -0.2) is 5.43 Å². The second kappa shape index (κ2) is 15.5. The summed E-state index contributed by atoms with van der Waals surface area (Å²) in [5.74, 6) is 0.626. The molecule has 0 fully saturated rings. The van der Waals surface area contributed by atoms with Crippen LogP contribution in [0.3, 0.4) is 0 Å². The van der Waals surface area contributed by atoms with E-state index >= 15 is 0 Å². The molecule has 230 valence electrons. The molecule has 4 aromatic rings. The highest BCUT2D eigenvalue weighted by Gasteiger charge is 2.25. The summed E-state index contributed by atoms with van der Waals surface area (Å²) in [6.07, 6.45) is 0.989. The lowest BCUT2D eigenvalue weighted by atomic mass is 10.0. The van der Waals surface area contributed by atoms with Gasteiger partial charge in [-0.3, -0.25) is 9.59 Å². The molecule has 2 N–H and O–H groups in total. The zero-order valence-corrected chi connectivity index (χ0v) is 26.5. The molecule has 8 nitrogen and oxygen atoms in total. The summed E-state index contributed by atoms with van der Waals surface area (Å²) in [6.45, 7) is 5.87. The third kappa shape index (κ3) is 8.88. The smallest absolute Gasteiger partial charge is 0.262 e. The van der Waals surface area contributed by atoms with Crippen molar-refractivity contribution in [3.8, 4) is 17.2 Å². The van der Waals surface area contributed by atoms with Crippen LogP contribution in [0.2, 0.25) is 10.0 Å². The predicted molar refractivity (Wildman–Crippen MR) is 175 cm³/mol. The van der Waals surface area contributed by atoms with E-state index in [1.807, 2.05) is 44.2 Å². The highest BCUT2D eigenvalue weighted by atomic mass is 35.5. The van der Waals surface area contributed by atoms with Gasteiger partial charge in [-0.15, -0.1) is 0 Å². The van der Waals surface area contributed by atoms with Gasteiger partial charge in [0.15, 0.2) is 17.6 Å². The van der Waals surface area contributed by atoms with Gasteiger partial charge in [0, 0.05) is 5.02 Å². The van der Waals surface area contributed by atoms with Crippen LogP contribution in [0.15, 0.2) is 84.0 Å². The van der Waals surface area contributed by atoms with Crippen molar-refractivity contribution in [3.63, 3.8) is 0 Å². The molecule has 2 atom stereocenters. The van der Waals surface area contributed by atoms with Gasteiger partial charge in [0.25, 0.3) is 11.8 Å². The van der Waals surface area contributed by atoms with Crippen LogP contribution >= 0.6 is 23.2 Å². The Kier molecular flexibility index (Phi) is 11.5. The lowest BCUT2D eigenvalue weighted by Crippen LogP contribution is -2.49. The monoisotopic (exact) mass is 635 g/mol. The number of nitrogens with one attached hydrogen (secondary N) is 2. The highest BCUT2D eigenvalue weighted by molar-refractivity contribution is 6.35. The molecule has 0 radical (unpaired) electrons. The average molecular weight is 637 g/mol. The normalized spacial score (nSPS) is 12.6. The number of hydrogen-bond acceptors (Lipinski definition) is 6. The average Bonchev–Trinajstić information content (AvgIpc) is 3.00. The van der Waals surface area contributed by atoms with E-state index in [1.54, 1.807) is 38.3 Å². The third-order valence-corrected chi connectivity index (χ3v) is 7.28. The Bertz CT molecular complexity index is 1640. The number of carbonyl (C=O) groups is 2. The van der Waals surface area contributed by atoms with E-state index < -0.39 is 24.0 Å². The minimum atomic E-state index is -0.909. The number of halogens is 2. The van der Waals surface area contributed by atoms with E-state index in [-0.39, 0.29) is 10.9 Å². The Morgan fingerprint density at radius 3 is 2.39 bits per heavy atom. The van der Waals surface area contributed by atoms with Crippen LogP contribution in [0, 0.1) is 5.92 Å². The van der Waals surface area contributed by atoms with Gasteiger partial charge in [0.05, 0.1) is 18.3 Å². The predicted octanol–water partition coefficient (Wildman–Crippen LogP) is 7.18. The molecule has 0 aliphatic heterocycles. The Morgan fingerprint density at radius 2 is 1.64 bits per heavy atom. The summed E-state index contributed by atoms with van der Waals surface area (Å²) in [7, 11) is 1.56. The first-order valence-corrected chi connectivity index (χ1v) is 14.9. The number of amides is 2. The molecule has 2 amide bonds. The van der Waals surface area contributed by atoms with Gasteiger partial charge in [0.1, 0.15) is 18.4 Å². The summed E-state index contributed by atoms with van der Waals surface area (Å²) in [6, 6.07) is 23.5. The molecule has 0 unspecified atom stereocenters. The summed E-state index contributed by atoms with van der Waals surface area (Å²) in [5, 5.41) is 9.88. The van der Waals surface area contributed by atoms with Gasteiger partial charge in [-0.1, -0.05) is 79.5 Å². The number of hydrogen-bond donors (Lipinski definition) is 2. The first-order valence-electron chi connectivity index (χ1n) is 14.2. The molecular formula is C34H35Cl2N3O5. The SMILES string of the molecule is COc1cc(/C=N\NC(=O)[C@@H](CC(C)C)NC(=O)[C@@H](C)Oc2ccc(Cl)cc2Cl)ccc1OCc1cccc2ccccc12. The summed E-state index contributed by atoms with van der Waals surface area (Å²) < 4.78 is 17.3. The minimum Gasteiger partial charge on any atom is -0.493 e. The second-order valence-electron chi connectivity index (χ2n) is 10.6. The maximum atomic E-state index is 13.0. The first-order chi connectivity index (χ1) is 21.1. The summed E-state index contributed by atoms with van der Waals surface area (Å²) in [5.41, 5.74) is 4.28. The Morgan fingerprint density at radius 1 is 0.886 bits per heavy atom. The molecule has 0 aliphatic rings. The standard InChI is InChI=1S/C34H35Cl2N3O5/c1-21(2)16-29(38-33(40)22(3)44-30-15-13-26(35)18-28(30)36)34(41)39-37-19-23-12-14-31(32(17-23)42-4)43-20-25-10-7-9-24-8-5-6-11-27(24)25/h5-15,17-19,21-22,29H,16,20H2,1-4H3,(H,38,40)(H,39,41)/b37-19-/t22-,29-/m1/s1. The lowest BCUT2D eigenvalue weighted by Gasteiger charge is -2.22. The second-order valence-corrected chi connectivity index (χ2v) is 11.4. The fourth-order valence-electron chi connectivity index (χ4n) is 4.51. The van der Waals surface area contributed by atoms with Gasteiger partial charge in [0.2, 0.25) is 0 Å². The topological polar surface area (TPSA) is 98.2 Å². The molecule has 10 heteroatoms. The van der Waals surface area contributed by atoms with Crippen molar-refractivity contribution in [3.05, 3.63) is 100 Å². The van der Waals surface area contributed by atoms with Gasteiger partial charge in [-0.05, 0) is 77.6 Å². The van der Waals surface area contributed by atoms with Crippen LogP contribution in [0.4, 0.5) is 0 Å². The van der Waals surface area contributed by atoms with E-state index in [0.29, 0.717) is 40.9 Å². The zero-order chi connectivity index (χ0) is 31.6. The van der Waals surface area contributed by atoms with E-state index in [0.717, 1.165) is 16.3 Å². The fraction of sp³-hybridized carbons (Fsp3) is 0.265. The van der Waals surface area contributed by atoms with E-state index in [2.05, 4.69) is 34.0 Å². The van der Waals surface area contributed by atoms with E-state index in [1.165, 1.54) is 12.3 Å². The molecule has 0 saturated heterocycles. The van der Waals surface area contributed by atoms with Crippen molar-refractivity contribution >= 4 is 52.0 Å². The van der Waals surface area contributed by atoms with Gasteiger partial charge < -0.3 is 19.5 Å². The van der Waals surface area contributed by atoms with Crippen molar-refractivity contribution < 1.29 is 23.8 Å². The van der Waals surface area contributed by atoms with Crippen molar-refractivity contribution in [2.75, 3.05) is 7.11 Å². The summed E-state index contributed by atoms with van der Waals surface area (Å²) >= 11 is 12.1. The van der Waals surface area contributed by atoms with E-state index in [4.69, 9.17) is 37.4 Å². The number of nitrogens with zero attached hydrogens (tertiary/aromatic N) is 1. The number of carbonyl (C=O) groups excluding carboxylic acids is 2. The molecule has 0 saturated carbocycles.